The van der Waals surface area contributed by atoms with Crippen molar-refractivity contribution in [3.8, 4) is 5.75 Å². The van der Waals surface area contributed by atoms with E-state index in [1.165, 1.54) is 24.0 Å². The Morgan fingerprint density at radius 3 is 2.79 bits per heavy atom. The molecule has 1 fully saturated rings. The zero-order chi connectivity index (χ0) is 13.4. The Bertz CT molecular complexity index is 450. The van der Waals surface area contributed by atoms with Crippen LogP contribution in [0, 0.1) is 5.92 Å². The van der Waals surface area contributed by atoms with Gasteiger partial charge >= 0.3 is 0 Å². The Hall–Kier alpha value is -1.06. The minimum atomic E-state index is 0.353. The second kappa shape index (κ2) is 5.14. The van der Waals surface area contributed by atoms with Gasteiger partial charge in [-0.15, -0.1) is 0 Å². The molecule has 1 aliphatic carbocycles. The van der Waals surface area contributed by atoms with Gasteiger partial charge in [-0.05, 0) is 48.4 Å². The van der Waals surface area contributed by atoms with Gasteiger partial charge in [0.25, 0.3) is 0 Å². The van der Waals surface area contributed by atoms with Crippen molar-refractivity contribution in [2.75, 3.05) is 20.2 Å². The highest BCUT2D eigenvalue weighted by Crippen LogP contribution is 2.30. The van der Waals surface area contributed by atoms with Crippen molar-refractivity contribution in [2.45, 2.75) is 38.3 Å². The van der Waals surface area contributed by atoms with E-state index in [0.717, 1.165) is 25.3 Å². The molecule has 3 heteroatoms. The highest BCUT2D eigenvalue weighted by atomic mass is 16.5. The number of hydrogen-bond donors (Lipinski definition) is 1. The SMILES string of the molecule is COc1ccc2c(c1)CC(N1CC(C)C(N)C1)CC2. The number of rotatable bonds is 2. The van der Waals surface area contributed by atoms with E-state index in [0.29, 0.717) is 18.0 Å². The summed E-state index contributed by atoms with van der Waals surface area (Å²) >= 11 is 0. The summed E-state index contributed by atoms with van der Waals surface area (Å²) in [4.78, 5) is 2.59. The molecule has 1 heterocycles. The maximum atomic E-state index is 6.15. The third-order valence-electron chi connectivity index (χ3n) is 4.83. The monoisotopic (exact) mass is 260 g/mol. The first-order valence-corrected chi connectivity index (χ1v) is 7.33. The van der Waals surface area contributed by atoms with E-state index in [1.807, 2.05) is 0 Å². The fourth-order valence-corrected chi connectivity index (χ4v) is 3.48. The molecule has 0 amide bonds. The summed E-state index contributed by atoms with van der Waals surface area (Å²) in [5, 5.41) is 0. The topological polar surface area (TPSA) is 38.5 Å². The standard InChI is InChI=1S/C16H24N2O/c1-11-9-18(10-16(11)17)14-5-3-12-4-6-15(19-2)8-13(12)7-14/h4,6,8,11,14,16H,3,5,7,9-10,17H2,1-2H3. The van der Waals surface area contributed by atoms with Gasteiger partial charge in [-0.1, -0.05) is 13.0 Å². The summed E-state index contributed by atoms with van der Waals surface area (Å²) < 4.78 is 5.34. The quantitative estimate of drug-likeness (QED) is 0.881. The molecule has 1 aromatic rings. The number of likely N-dealkylation sites (tertiary alicyclic amines) is 1. The van der Waals surface area contributed by atoms with E-state index in [9.17, 15) is 0 Å². The Labute approximate surface area is 115 Å². The number of fused-ring (bicyclic) bond motifs is 1. The highest BCUT2D eigenvalue weighted by molar-refractivity contribution is 5.38. The number of methoxy groups -OCH3 is 1. The predicted octanol–water partition coefficient (Wildman–Crippen LogP) is 1.83. The van der Waals surface area contributed by atoms with Crippen LogP contribution < -0.4 is 10.5 Å². The first-order valence-electron chi connectivity index (χ1n) is 7.33. The molecule has 1 aromatic carbocycles. The number of benzene rings is 1. The molecule has 3 atom stereocenters. The Balaban J connectivity index is 1.74. The molecule has 3 rings (SSSR count). The largest absolute Gasteiger partial charge is 0.497 e. The van der Waals surface area contributed by atoms with Gasteiger partial charge in [-0.25, -0.2) is 0 Å². The molecule has 1 saturated heterocycles. The van der Waals surface area contributed by atoms with Gasteiger partial charge in [0, 0.05) is 25.2 Å². The van der Waals surface area contributed by atoms with Gasteiger partial charge in [0.2, 0.25) is 0 Å². The molecular formula is C16H24N2O. The van der Waals surface area contributed by atoms with E-state index < -0.39 is 0 Å². The normalized spacial score (nSPS) is 31.2. The van der Waals surface area contributed by atoms with E-state index in [-0.39, 0.29) is 0 Å². The highest BCUT2D eigenvalue weighted by Gasteiger charge is 2.33. The summed E-state index contributed by atoms with van der Waals surface area (Å²) in [6.45, 7) is 4.49. The average molecular weight is 260 g/mol. The molecule has 0 bridgehead atoms. The summed E-state index contributed by atoms with van der Waals surface area (Å²) in [7, 11) is 1.74. The predicted molar refractivity (Wildman–Crippen MR) is 77.5 cm³/mol. The van der Waals surface area contributed by atoms with Gasteiger partial charge in [0.15, 0.2) is 0 Å². The molecule has 2 aliphatic rings. The van der Waals surface area contributed by atoms with Crippen LogP contribution in [-0.4, -0.2) is 37.2 Å². The zero-order valence-electron chi connectivity index (χ0n) is 11.9. The first kappa shape index (κ1) is 12.9. The fraction of sp³-hybridized carbons (Fsp3) is 0.625. The molecule has 0 saturated carbocycles. The van der Waals surface area contributed by atoms with Crippen LogP contribution in [-0.2, 0) is 12.8 Å². The average Bonchev–Trinajstić information content (AvgIpc) is 2.77. The van der Waals surface area contributed by atoms with Gasteiger partial charge in [-0.3, -0.25) is 4.90 Å². The lowest BCUT2D eigenvalue weighted by molar-refractivity contribution is 0.214. The first-order chi connectivity index (χ1) is 9.17. The van der Waals surface area contributed by atoms with Crippen molar-refractivity contribution in [3.05, 3.63) is 29.3 Å². The molecule has 3 nitrogen and oxygen atoms in total. The van der Waals surface area contributed by atoms with Gasteiger partial charge < -0.3 is 10.5 Å². The Kier molecular flexibility index (Phi) is 3.50. The third kappa shape index (κ3) is 2.49. The van der Waals surface area contributed by atoms with Gasteiger partial charge in [0.05, 0.1) is 7.11 Å². The Morgan fingerprint density at radius 2 is 2.11 bits per heavy atom. The van der Waals surface area contributed by atoms with Crippen molar-refractivity contribution < 1.29 is 4.74 Å². The van der Waals surface area contributed by atoms with Crippen LogP contribution in [0.3, 0.4) is 0 Å². The lowest BCUT2D eigenvalue weighted by atomic mass is 9.87. The van der Waals surface area contributed by atoms with Crippen LogP contribution in [0.5, 0.6) is 5.75 Å². The molecular weight excluding hydrogens is 236 g/mol. The lowest BCUT2D eigenvalue weighted by Crippen LogP contribution is -2.39. The van der Waals surface area contributed by atoms with Gasteiger partial charge in [0.1, 0.15) is 5.75 Å². The number of nitrogens with zero attached hydrogens (tertiary/aromatic N) is 1. The van der Waals surface area contributed by atoms with E-state index in [1.54, 1.807) is 7.11 Å². The van der Waals surface area contributed by atoms with Crippen molar-refractivity contribution in [1.82, 2.24) is 4.90 Å². The van der Waals surface area contributed by atoms with Crippen molar-refractivity contribution >= 4 is 0 Å². The Morgan fingerprint density at radius 1 is 1.26 bits per heavy atom. The smallest absolute Gasteiger partial charge is 0.119 e. The summed E-state index contributed by atoms with van der Waals surface area (Å²) in [6.07, 6.45) is 3.59. The number of ether oxygens (including phenoxy) is 1. The number of nitrogens with two attached hydrogens (primary N) is 1. The van der Waals surface area contributed by atoms with Crippen LogP contribution in [0.25, 0.3) is 0 Å². The van der Waals surface area contributed by atoms with Crippen LogP contribution in [0.1, 0.15) is 24.5 Å². The summed E-state index contributed by atoms with van der Waals surface area (Å²) in [5.41, 5.74) is 9.11. The summed E-state index contributed by atoms with van der Waals surface area (Å²) in [6, 6.07) is 7.53. The molecule has 19 heavy (non-hydrogen) atoms. The minimum Gasteiger partial charge on any atom is -0.497 e. The van der Waals surface area contributed by atoms with Crippen molar-refractivity contribution in [1.29, 1.82) is 0 Å². The van der Waals surface area contributed by atoms with Crippen LogP contribution >= 0.6 is 0 Å². The third-order valence-corrected chi connectivity index (χ3v) is 4.83. The van der Waals surface area contributed by atoms with E-state index in [2.05, 4.69) is 30.0 Å². The zero-order valence-corrected chi connectivity index (χ0v) is 11.9. The van der Waals surface area contributed by atoms with Crippen LogP contribution in [0.4, 0.5) is 0 Å². The second-order valence-corrected chi connectivity index (χ2v) is 6.13. The number of aryl methyl sites for hydroxylation is 1. The lowest BCUT2D eigenvalue weighted by Gasteiger charge is -2.32. The maximum absolute atomic E-state index is 6.15. The molecule has 2 N–H and O–H groups in total. The molecule has 0 spiro atoms. The minimum absolute atomic E-state index is 0.353. The maximum Gasteiger partial charge on any atom is 0.119 e. The molecule has 104 valence electrons. The van der Waals surface area contributed by atoms with Crippen LogP contribution in [0.15, 0.2) is 18.2 Å². The van der Waals surface area contributed by atoms with E-state index in [4.69, 9.17) is 10.5 Å². The van der Waals surface area contributed by atoms with Crippen LogP contribution in [0.2, 0.25) is 0 Å². The summed E-state index contributed by atoms with van der Waals surface area (Å²) in [5.74, 6) is 1.61. The fourth-order valence-electron chi connectivity index (χ4n) is 3.48. The molecule has 0 aromatic heterocycles. The molecule has 1 aliphatic heterocycles. The molecule has 0 radical (unpaired) electrons. The van der Waals surface area contributed by atoms with Crippen molar-refractivity contribution in [3.63, 3.8) is 0 Å². The molecule has 3 unspecified atom stereocenters. The number of hydrogen-bond acceptors (Lipinski definition) is 3. The second-order valence-electron chi connectivity index (χ2n) is 6.13. The van der Waals surface area contributed by atoms with Gasteiger partial charge in [-0.2, -0.15) is 0 Å². The van der Waals surface area contributed by atoms with E-state index >= 15 is 0 Å². The van der Waals surface area contributed by atoms with Crippen molar-refractivity contribution in [2.24, 2.45) is 11.7 Å².